The predicted octanol–water partition coefficient (Wildman–Crippen LogP) is 2.39. The summed E-state index contributed by atoms with van der Waals surface area (Å²) in [5.41, 5.74) is 3.03. The molecule has 130 valence electrons. The predicted molar refractivity (Wildman–Crippen MR) is 93.7 cm³/mol. The van der Waals surface area contributed by atoms with E-state index >= 15 is 0 Å². The van der Waals surface area contributed by atoms with Crippen molar-refractivity contribution in [1.29, 1.82) is 0 Å². The van der Waals surface area contributed by atoms with Gasteiger partial charge >= 0.3 is 5.97 Å². The summed E-state index contributed by atoms with van der Waals surface area (Å²) >= 11 is 0. The number of carbonyl (C=O) groups is 2. The number of ether oxygens (including phenoxy) is 2. The van der Waals surface area contributed by atoms with Gasteiger partial charge in [-0.2, -0.15) is 0 Å². The van der Waals surface area contributed by atoms with E-state index in [1.165, 1.54) is 18.2 Å². The topological polar surface area (TPSA) is 64.6 Å². The molecule has 0 radical (unpaired) electrons. The van der Waals surface area contributed by atoms with Gasteiger partial charge in [0.2, 0.25) is 0 Å². The van der Waals surface area contributed by atoms with E-state index in [0.29, 0.717) is 17.7 Å². The molecular formula is C20H21NO4. The zero-order chi connectivity index (χ0) is 17.9. The van der Waals surface area contributed by atoms with Crippen LogP contribution in [0.2, 0.25) is 0 Å². The Labute approximate surface area is 147 Å². The fraction of sp³-hybridized carbons (Fsp3) is 0.300. The van der Waals surface area contributed by atoms with E-state index < -0.39 is 11.6 Å². The Morgan fingerprint density at radius 2 is 1.52 bits per heavy atom. The van der Waals surface area contributed by atoms with Gasteiger partial charge in [-0.25, -0.2) is 4.79 Å². The first-order chi connectivity index (χ1) is 12.1. The maximum atomic E-state index is 12.4. The number of carbonyl (C=O) groups excluding carboxylic acids is 2. The lowest BCUT2D eigenvalue weighted by molar-refractivity contribution is 0.000176. The Bertz CT molecular complexity index is 758. The van der Waals surface area contributed by atoms with Crippen LogP contribution in [-0.2, 0) is 22.3 Å². The second kappa shape index (κ2) is 7.07. The number of rotatable bonds is 5. The summed E-state index contributed by atoms with van der Waals surface area (Å²) < 4.78 is 10.4. The van der Waals surface area contributed by atoms with Crippen LogP contribution >= 0.6 is 0 Å². The number of hydrogen-bond acceptors (Lipinski definition) is 4. The molecule has 1 N–H and O–H groups in total. The van der Waals surface area contributed by atoms with Crippen molar-refractivity contribution in [1.82, 2.24) is 5.32 Å². The third-order valence-corrected chi connectivity index (χ3v) is 4.72. The summed E-state index contributed by atoms with van der Waals surface area (Å²) in [7, 11) is 3.01. The first kappa shape index (κ1) is 17.2. The van der Waals surface area contributed by atoms with E-state index in [2.05, 4.69) is 22.2 Å². The van der Waals surface area contributed by atoms with Crippen molar-refractivity contribution in [3.05, 3.63) is 70.8 Å². The molecule has 25 heavy (non-hydrogen) atoms. The monoisotopic (exact) mass is 339 g/mol. The van der Waals surface area contributed by atoms with Crippen molar-refractivity contribution in [3.63, 3.8) is 0 Å². The molecule has 0 unspecified atom stereocenters. The normalized spacial score (nSPS) is 14.6. The summed E-state index contributed by atoms with van der Waals surface area (Å²) in [6.45, 7) is 0.426. The van der Waals surface area contributed by atoms with Crippen LogP contribution in [0.3, 0.4) is 0 Å². The third kappa shape index (κ3) is 3.56. The highest BCUT2D eigenvalue weighted by atomic mass is 16.5. The molecule has 0 atom stereocenters. The average molecular weight is 339 g/mol. The minimum absolute atomic E-state index is 0.191. The Kier molecular flexibility index (Phi) is 4.86. The van der Waals surface area contributed by atoms with Gasteiger partial charge in [0.05, 0.1) is 18.3 Å². The molecule has 0 saturated heterocycles. The van der Waals surface area contributed by atoms with E-state index in [1.807, 2.05) is 12.1 Å². The van der Waals surface area contributed by atoms with Gasteiger partial charge in [0.15, 0.2) is 0 Å². The lowest BCUT2D eigenvalue weighted by Crippen LogP contribution is -2.45. The first-order valence-electron chi connectivity index (χ1n) is 8.15. The molecule has 0 fully saturated rings. The number of fused-ring (bicyclic) bond motifs is 1. The first-order valence-corrected chi connectivity index (χ1v) is 8.15. The molecule has 0 spiro atoms. The van der Waals surface area contributed by atoms with Crippen molar-refractivity contribution >= 4 is 11.9 Å². The molecule has 0 aromatic heterocycles. The van der Waals surface area contributed by atoms with E-state index in [-0.39, 0.29) is 5.91 Å². The van der Waals surface area contributed by atoms with Gasteiger partial charge in [0, 0.05) is 32.1 Å². The molecule has 5 nitrogen and oxygen atoms in total. The van der Waals surface area contributed by atoms with Crippen LogP contribution in [0.5, 0.6) is 0 Å². The minimum Gasteiger partial charge on any atom is -0.465 e. The van der Waals surface area contributed by atoms with Crippen molar-refractivity contribution < 1.29 is 19.1 Å². The third-order valence-electron chi connectivity index (χ3n) is 4.72. The highest BCUT2D eigenvalue weighted by molar-refractivity contribution is 5.96. The summed E-state index contributed by atoms with van der Waals surface area (Å²) in [5.74, 6) is -0.613. The van der Waals surface area contributed by atoms with E-state index in [1.54, 1.807) is 31.4 Å². The molecule has 0 aliphatic heterocycles. The van der Waals surface area contributed by atoms with Crippen LogP contribution in [0.25, 0.3) is 0 Å². The van der Waals surface area contributed by atoms with Crippen molar-refractivity contribution in [2.45, 2.75) is 18.4 Å². The van der Waals surface area contributed by atoms with Gasteiger partial charge in [-0.05, 0) is 35.4 Å². The van der Waals surface area contributed by atoms with Crippen molar-refractivity contribution in [2.75, 3.05) is 20.8 Å². The fourth-order valence-electron chi connectivity index (χ4n) is 3.22. The smallest absolute Gasteiger partial charge is 0.337 e. The molecule has 2 aromatic carbocycles. The number of hydrogen-bond donors (Lipinski definition) is 1. The minimum atomic E-state index is -0.422. The molecule has 0 saturated carbocycles. The molecule has 1 aliphatic rings. The van der Waals surface area contributed by atoms with Gasteiger partial charge in [-0.15, -0.1) is 0 Å². The molecule has 1 aliphatic carbocycles. The SMILES string of the molecule is COC(=O)c1ccc(C(=O)NCC2(OC)Cc3ccccc3C2)cc1. The van der Waals surface area contributed by atoms with Gasteiger partial charge < -0.3 is 14.8 Å². The van der Waals surface area contributed by atoms with Gasteiger partial charge in [0.1, 0.15) is 0 Å². The lowest BCUT2D eigenvalue weighted by Gasteiger charge is -2.27. The summed E-state index contributed by atoms with van der Waals surface area (Å²) in [6, 6.07) is 14.6. The highest BCUT2D eigenvalue weighted by Crippen LogP contribution is 2.32. The summed E-state index contributed by atoms with van der Waals surface area (Å²) in [5, 5.41) is 2.95. The highest BCUT2D eigenvalue weighted by Gasteiger charge is 2.37. The molecule has 3 rings (SSSR count). The van der Waals surface area contributed by atoms with Crippen LogP contribution in [0.1, 0.15) is 31.8 Å². The maximum Gasteiger partial charge on any atom is 0.337 e. The van der Waals surface area contributed by atoms with Crippen LogP contribution in [0.4, 0.5) is 0 Å². The van der Waals surface area contributed by atoms with Gasteiger partial charge in [0.25, 0.3) is 5.91 Å². The second-order valence-corrected chi connectivity index (χ2v) is 6.26. The maximum absolute atomic E-state index is 12.4. The second-order valence-electron chi connectivity index (χ2n) is 6.26. The number of esters is 1. The lowest BCUT2D eigenvalue weighted by atomic mass is 10.00. The summed E-state index contributed by atoms with van der Waals surface area (Å²) in [4.78, 5) is 23.8. The Morgan fingerprint density at radius 3 is 2.04 bits per heavy atom. The average Bonchev–Trinajstić information content (AvgIpc) is 3.05. The molecule has 0 heterocycles. The van der Waals surface area contributed by atoms with Gasteiger partial charge in [-0.3, -0.25) is 4.79 Å². The molecule has 1 amide bonds. The standard InChI is InChI=1S/C20H21NO4/c1-24-19(23)15-9-7-14(8-10-15)18(22)21-13-20(25-2)11-16-5-3-4-6-17(16)12-20/h3-10H,11-13H2,1-2H3,(H,21,22). The zero-order valence-electron chi connectivity index (χ0n) is 14.4. The fourth-order valence-corrected chi connectivity index (χ4v) is 3.22. The molecule has 2 aromatic rings. The molecular weight excluding hydrogens is 318 g/mol. The van der Waals surface area contributed by atoms with E-state index in [9.17, 15) is 9.59 Å². The molecule has 5 heteroatoms. The number of methoxy groups -OCH3 is 2. The quantitative estimate of drug-likeness (QED) is 0.850. The van der Waals surface area contributed by atoms with E-state index in [0.717, 1.165) is 12.8 Å². The van der Waals surface area contributed by atoms with Crippen molar-refractivity contribution in [3.8, 4) is 0 Å². The Balaban J connectivity index is 1.65. The van der Waals surface area contributed by atoms with Crippen LogP contribution in [0, 0.1) is 0 Å². The van der Waals surface area contributed by atoms with Gasteiger partial charge in [-0.1, -0.05) is 24.3 Å². The van der Waals surface area contributed by atoms with Crippen LogP contribution in [0.15, 0.2) is 48.5 Å². The Morgan fingerprint density at radius 1 is 0.960 bits per heavy atom. The van der Waals surface area contributed by atoms with Crippen LogP contribution < -0.4 is 5.32 Å². The zero-order valence-corrected chi connectivity index (χ0v) is 14.4. The Hall–Kier alpha value is -2.66. The molecule has 0 bridgehead atoms. The van der Waals surface area contributed by atoms with E-state index in [4.69, 9.17) is 4.74 Å². The van der Waals surface area contributed by atoms with Crippen LogP contribution in [-0.4, -0.2) is 38.2 Å². The summed E-state index contributed by atoms with van der Waals surface area (Å²) in [6.07, 6.45) is 1.56. The van der Waals surface area contributed by atoms with Crippen molar-refractivity contribution in [2.24, 2.45) is 0 Å². The number of nitrogens with one attached hydrogen (secondary N) is 1. The number of benzene rings is 2. The number of amides is 1. The largest absolute Gasteiger partial charge is 0.465 e.